The standard InChI is InChI=1S/C24H28FN5O4/c1-12(2)11-30-21-18(22(32)28-24(30)34)16(10-17(27-21)13(3)4)23(33)29(5)19(20(26)31)14-7-6-8-15(25)9-14/h6-10,12-13,19H,11H2,1-5H3,(H2,26,31)(H,28,32,34). The number of aromatic nitrogens is 3. The zero-order chi connectivity index (χ0) is 25.3. The molecule has 3 N–H and O–H groups in total. The largest absolute Gasteiger partial charge is 0.368 e. The van der Waals surface area contributed by atoms with E-state index in [4.69, 9.17) is 5.73 Å². The lowest BCUT2D eigenvalue weighted by Gasteiger charge is -2.27. The Morgan fingerprint density at radius 2 is 1.85 bits per heavy atom. The third-order valence-corrected chi connectivity index (χ3v) is 5.48. The number of aromatic amines is 1. The lowest BCUT2D eigenvalue weighted by Crippen LogP contribution is -2.40. The molecular formula is C24H28FN5O4. The van der Waals surface area contributed by atoms with Gasteiger partial charge in [-0.1, -0.05) is 39.8 Å². The summed E-state index contributed by atoms with van der Waals surface area (Å²) in [6, 6.07) is 5.43. The summed E-state index contributed by atoms with van der Waals surface area (Å²) < 4.78 is 15.2. The van der Waals surface area contributed by atoms with Crippen molar-refractivity contribution >= 4 is 22.8 Å². The van der Waals surface area contributed by atoms with E-state index in [1.807, 2.05) is 27.7 Å². The topological polar surface area (TPSA) is 131 Å². The zero-order valence-corrected chi connectivity index (χ0v) is 19.8. The van der Waals surface area contributed by atoms with E-state index in [0.29, 0.717) is 5.69 Å². The second kappa shape index (κ2) is 9.58. The minimum Gasteiger partial charge on any atom is -0.368 e. The molecule has 10 heteroatoms. The summed E-state index contributed by atoms with van der Waals surface area (Å²) >= 11 is 0. The van der Waals surface area contributed by atoms with E-state index in [0.717, 1.165) is 11.0 Å². The molecule has 2 heterocycles. The van der Waals surface area contributed by atoms with E-state index in [9.17, 15) is 23.6 Å². The molecule has 2 aromatic heterocycles. The Morgan fingerprint density at radius 1 is 1.18 bits per heavy atom. The molecule has 180 valence electrons. The van der Waals surface area contributed by atoms with Crippen LogP contribution in [-0.2, 0) is 11.3 Å². The van der Waals surface area contributed by atoms with Crippen molar-refractivity contribution in [3.8, 4) is 0 Å². The number of primary amides is 1. The van der Waals surface area contributed by atoms with Crippen molar-refractivity contribution in [3.63, 3.8) is 0 Å². The molecule has 0 fully saturated rings. The van der Waals surface area contributed by atoms with E-state index < -0.39 is 34.9 Å². The maximum Gasteiger partial charge on any atom is 0.330 e. The second-order valence-corrected chi connectivity index (χ2v) is 8.99. The first-order valence-corrected chi connectivity index (χ1v) is 10.9. The number of carbonyl (C=O) groups is 2. The van der Waals surface area contributed by atoms with Crippen molar-refractivity contribution < 1.29 is 14.0 Å². The predicted molar refractivity (Wildman–Crippen MR) is 126 cm³/mol. The Balaban J connectivity index is 2.28. The molecule has 0 aliphatic carbocycles. The molecule has 0 aliphatic heterocycles. The van der Waals surface area contributed by atoms with Crippen molar-refractivity contribution in [2.45, 2.75) is 46.2 Å². The normalized spacial score (nSPS) is 12.4. The van der Waals surface area contributed by atoms with Gasteiger partial charge in [0.1, 0.15) is 11.9 Å². The Morgan fingerprint density at radius 3 is 2.41 bits per heavy atom. The molecule has 3 rings (SSSR count). The highest BCUT2D eigenvalue weighted by Gasteiger charge is 2.30. The van der Waals surface area contributed by atoms with Gasteiger partial charge in [0.15, 0.2) is 5.65 Å². The van der Waals surface area contributed by atoms with Crippen LogP contribution in [0, 0.1) is 11.7 Å². The smallest absolute Gasteiger partial charge is 0.330 e. The van der Waals surface area contributed by atoms with Crippen LogP contribution >= 0.6 is 0 Å². The maximum absolute atomic E-state index is 13.8. The average Bonchev–Trinajstić information content (AvgIpc) is 2.74. The van der Waals surface area contributed by atoms with Crippen molar-refractivity contribution in [2.75, 3.05) is 7.05 Å². The van der Waals surface area contributed by atoms with Gasteiger partial charge in [-0.15, -0.1) is 0 Å². The van der Waals surface area contributed by atoms with Crippen molar-refractivity contribution in [1.29, 1.82) is 0 Å². The summed E-state index contributed by atoms with van der Waals surface area (Å²) in [7, 11) is 1.35. The van der Waals surface area contributed by atoms with Gasteiger partial charge in [-0.3, -0.25) is 23.9 Å². The number of amides is 2. The second-order valence-electron chi connectivity index (χ2n) is 8.99. The number of rotatable bonds is 7. The van der Waals surface area contributed by atoms with E-state index in [-0.39, 0.29) is 40.5 Å². The van der Waals surface area contributed by atoms with Gasteiger partial charge in [0.05, 0.1) is 10.9 Å². The van der Waals surface area contributed by atoms with Crippen LogP contribution in [0.5, 0.6) is 0 Å². The van der Waals surface area contributed by atoms with Crippen LogP contribution in [0.25, 0.3) is 11.0 Å². The molecule has 1 aromatic carbocycles. The van der Waals surface area contributed by atoms with Gasteiger partial charge >= 0.3 is 5.69 Å². The van der Waals surface area contributed by atoms with Gasteiger partial charge in [0.25, 0.3) is 11.5 Å². The molecule has 0 spiro atoms. The Kier molecular flexibility index (Phi) is 6.99. The summed E-state index contributed by atoms with van der Waals surface area (Å²) in [6.45, 7) is 7.82. The van der Waals surface area contributed by atoms with Gasteiger partial charge in [-0.05, 0) is 35.6 Å². The molecule has 3 aromatic rings. The van der Waals surface area contributed by atoms with Gasteiger partial charge in [0.2, 0.25) is 5.91 Å². The van der Waals surface area contributed by atoms with Crippen LogP contribution in [0.15, 0.2) is 39.9 Å². The van der Waals surface area contributed by atoms with Crippen LogP contribution in [0.1, 0.15) is 61.3 Å². The molecule has 1 unspecified atom stereocenters. The Labute approximate surface area is 195 Å². The molecule has 0 bridgehead atoms. The minimum atomic E-state index is -1.28. The molecular weight excluding hydrogens is 441 g/mol. The fourth-order valence-corrected chi connectivity index (χ4v) is 3.86. The number of fused-ring (bicyclic) bond motifs is 1. The third kappa shape index (κ3) is 4.75. The van der Waals surface area contributed by atoms with Gasteiger partial charge in [-0.25, -0.2) is 14.2 Å². The van der Waals surface area contributed by atoms with E-state index in [1.54, 1.807) is 0 Å². The molecule has 0 aliphatic rings. The molecule has 9 nitrogen and oxygen atoms in total. The number of nitrogens with two attached hydrogens (primary N) is 1. The lowest BCUT2D eigenvalue weighted by molar-refractivity contribution is -0.122. The fourth-order valence-electron chi connectivity index (χ4n) is 3.86. The first-order chi connectivity index (χ1) is 15.9. The molecule has 1 atom stereocenters. The quantitative estimate of drug-likeness (QED) is 0.548. The van der Waals surface area contributed by atoms with Gasteiger partial charge in [0, 0.05) is 19.3 Å². The summed E-state index contributed by atoms with van der Waals surface area (Å²) in [5, 5.41) is -0.0658. The number of H-pyrrole nitrogens is 1. The first kappa shape index (κ1) is 24.8. The minimum absolute atomic E-state index is 0.0300. The van der Waals surface area contributed by atoms with Crippen LogP contribution in [0.4, 0.5) is 4.39 Å². The number of pyridine rings is 1. The predicted octanol–water partition coefficient (Wildman–Crippen LogP) is 2.30. The Hall–Kier alpha value is -3.82. The highest BCUT2D eigenvalue weighted by molar-refractivity contribution is 6.06. The summed E-state index contributed by atoms with van der Waals surface area (Å²) in [5.74, 6) is -2.21. The molecule has 2 amide bonds. The number of benzene rings is 1. The highest BCUT2D eigenvalue weighted by atomic mass is 19.1. The average molecular weight is 470 g/mol. The van der Waals surface area contributed by atoms with E-state index in [1.165, 1.54) is 35.9 Å². The van der Waals surface area contributed by atoms with Gasteiger partial charge in [-0.2, -0.15) is 0 Å². The SMILES string of the molecule is CC(C)Cn1c(=O)[nH]c(=O)c2c(C(=O)N(C)C(C(N)=O)c3cccc(F)c3)cc(C(C)C)nc21. The highest BCUT2D eigenvalue weighted by Crippen LogP contribution is 2.26. The fraction of sp³-hybridized carbons (Fsp3) is 0.375. The van der Waals surface area contributed by atoms with E-state index in [2.05, 4.69) is 9.97 Å². The van der Waals surface area contributed by atoms with Crippen LogP contribution in [-0.4, -0.2) is 38.3 Å². The summed E-state index contributed by atoms with van der Waals surface area (Å²) in [4.78, 5) is 59.3. The van der Waals surface area contributed by atoms with Crippen LogP contribution in [0.2, 0.25) is 0 Å². The molecule has 0 radical (unpaired) electrons. The van der Waals surface area contributed by atoms with Gasteiger partial charge < -0.3 is 10.6 Å². The maximum atomic E-state index is 13.8. The van der Waals surface area contributed by atoms with E-state index >= 15 is 0 Å². The molecule has 34 heavy (non-hydrogen) atoms. The Bertz CT molecular complexity index is 1380. The summed E-state index contributed by atoms with van der Waals surface area (Å²) in [5.41, 5.74) is 4.93. The van der Waals surface area contributed by atoms with Crippen LogP contribution < -0.4 is 17.0 Å². The molecule has 0 saturated heterocycles. The monoisotopic (exact) mass is 469 g/mol. The number of halogens is 1. The number of nitrogens with one attached hydrogen (secondary N) is 1. The number of hydrogen-bond donors (Lipinski definition) is 2. The zero-order valence-electron chi connectivity index (χ0n) is 19.8. The number of likely N-dealkylation sites (N-methyl/N-ethyl adjacent to an activating group) is 1. The number of carbonyl (C=O) groups excluding carboxylic acids is 2. The van der Waals surface area contributed by atoms with Crippen LogP contribution in [0.3, 0.4) is 0 Å². The van der Waals surface area contributed by atoms with Crippen molar-refractivity contribution in [1.82, 2.24) is 19.4 Å². The summed E-state index contributed by atoms with van der Waals surface area (Å²) in [6.07, 6.45) is 0. The third-order valence-electron chi connectivity index (χ3n) is 5.48. The number of hydrogen-bond acceptors (Lipinski definition) is 5. The lowest BCUT2D eigenvalue weighted by atomic mass is 10.0. The van der Waals surface area contributed by atoms with Crippen molar-refractivity contribution in [3.05, 3.63) is 73.8 Å². The first-order valence-electron chi connectivity index (χ1n) is 10.9. The van der Waals surface area contributed by atoms with Crippen molar-refractivity contribution in [2.24, 2.45) is 11.7 Å². The molecule has 0 saturated carbocycles. The number of nitrogens with zero attached hydrogens (tertiary/aromatic N) is 3.